The van der Waals surface area contributed by atoms with Crippen LogP contribution in [0.3, 0.4) is 0 Å². The van der Waals surface area contributed by atoms with Gasteiger partial charge >= 0.3 is 0 Å². The lowest BCUT2D eigenvalue weighted by atomic mass is 10.00. The molecule has 0 spiro atoms. The minimum atomic E-state index is 0.221. The molecule has 18 heavy (non-hydrogen) atoms. The van der Waals surface area contributed by atoms with Crippen molar-refractivity contribution >= 4 is 23.2 Å². The molecule has 0 bridgehead atoms. The molecule has 4 heteroatoms. The van der Waals surface area contributed by atoms with E-state index in [1.165, 1.54) is 0 Å². The smallest absolute Gasteiger partial charge is 0.0543 e. The van der Waals surface area contributed by atoms with Crippen molar-refractivity contribution in [1.29, 1.82) is 0 Å². The van der Waals surface area contributed by atoms with E-state index in [0.29, 0.717) is 0 Å². The molecule has 1 aromatic rings. The Morgan fingerprint density at radius 3 is 2.61 bits per heavy atom. The first-order valence-corrected chi connectivity index (χ1v) is 7.05. The lowest BCUT2D eigenvalue weighted by molar-refractivity contribution is 0.106. The Hall–Kier alpha value is -0.280. The zero-order chi connectivity index (χ0) is 13.5. The van der Waals surface area contributed by atoms with Crippen LogP contribution in [0.1, 0.15) is 38.3 Å². The Balaban J connectivity index is 2.79. The van der Waals surface area contributed by atoms with Gasteiger partial charge in [-0.3, -0.25) is 0 Å². The molecule has 0 aliphatic carbocycles. The van der Waals surface area contributed by atoms with E-state index in [9.17, 15) is 0 Å². The highest BCUT2D eigenvalue weighted by atomic mass is 35.5. The molecule has 1 rings (SSSR count). The van der Waals surface area contributed by atoms with Crippen molar-refractivity contribution < 1.29 is 4.74 Å². The highest BCUT2D eigenvalue weighted by molar-refractivity contribution is 6.33. The summed E-state index contributed by atoms with van der Waals surface area (Å²) in [5.74, 6) is 0. The first kappa shape index (κ1) is 15.8. The summed E-state index contributed by atoms with van der Waals surface area (Å²) in [4.78, 5) is 0. The minimum Gasteiger partial charge on any atom is -0.382 e. The van der Waals surface area contributed by atoms with Gasteiger partial charge < -0.3 is 10.1 Å². The summed E-state index contributed by atoms with van der Waals surface area (Å²) in [5.41, 5.74) is 1.06. The topological polar surface area (TPSA) is 21.3 Å². The van der Waals surface area contributed by atoms with Crippen molar-refractivity contribution in [3.63, 3.8) is 0 Å². The first-order chi connectivity index (χ1) is 8.58. The molecule has 0 heterocycles. The normalized spacial score (nSPS) is 14.5. The molecule has 0 amide bonds. The van der Waals surface area contributed by atoms with Gasteiger partial charge in [-0.2, -0.15) is 0 Å². The van der Waals surface area contributed by atoms with Crippen molar-refractivity contribution in [3.8, 4) is 0 Å². The van der Waals surface area contributed by atoms with E-state index in [-0.39, 0.29) is 12.1 Å². The van der Waals surface area contributed by atoms with Gasteiger partial charge in [0.05, 0.1) is 6.10 Å². The average Bonchev–Trinajstić information content (AvgIpc) is 2.37. The van der Waals surface area contributed by atoms with Crippen molar-refractivity contribution in [2.24, 2.45) is 0 Å². The van der Waals surface area contributed by atoms with Crippen LogP contribution in [0.4, 0.5) is 0 Å². The Kier molecular flexibility index (Phi) is 7.02. The molecule has 0 radical (unpaired) electrons. The van der Waals surface area contributed by atoms with Crippen LogP contribution < -0.4 is 5.32 Å². The third kappa shape index (κ3) is 4.77. The standard InChI is InChI=1S/C14H21Cl2NO/c1-4-17-14(8-5-10(2)18-3)12-9-11(15)6-7-13(12)16/h6-7,9-10,14,17H,4-5,8H2,1-3H3. The molecular weight excluding hydrogens is 269 g/mol. The molecule has 2 atom stereocenters. The molecule has 0 aromatic heterocycles. The number of nitrogens with one attached hydrogen (secondary N) is 1. The van der Waals surface area contributed by atoms with Crippen molar-refractivity contribution in [1.82, 2.24) is 5.32 Å². The lowest BCUT2D eigenvalue weighted by Gasteiger charge is -2.21. The van der Waals surface area contributed by atoms with Crippen LogP contribution in [0.5, 0.6) is 0 Å². The number of ether oxygens (including phenoxy) is 1. The predicted molar refractivity (Wildman–Crippen MR) is 78.6 cm³/mol. The molecule has 0 saturated carbocycles. The molecule has 0 fully saturated rings. The fourth-order valence-electron chi connectivity index (χ4n) is 1.91. The summed E-state index contributed by atoms with van der Waals surface area (Å²) in [7, 11) is 1.74. The number of halogens is 2. The maximum absolute atomic E-state index is 6.25. The van der Waals surface area contributed by atoms with Gasteiger partial charge in [-0.15, -0.1) is 0 Å². The molecule has 0 saturated heterocycles. The van der Waals surface area contributed by atoms with Gasteiger partial charge in [0.15, 0.2) is 0 Å². The molecule has 2 nitrogen and oxygen atoms in total. The van der Waals surface area contributed by atoms with Crippen LogP contribution in [0, 0.1) is 0 Å². The minimum absolute atomic E-state index is 0.221. The average molecular weight is 290 g/mol. The molecule has 1 N–H and O–H groups in total. The summed E-state index contributed by atoms with van der Waals surface area (Å²) >= 11 is 12.3. The Morgan fingerprint density at radius 2 is 2.00 bits per heavy atom. The number of hydrogen-bond donors (Lipinski definition) is 1. The van der Waals surface area contributed by atoms with E-state index in [0.717, 1.165) is 35.0 Å². The van der Waals surface area contributed by atoms with E-state index in [2.05, 4.69) is 19.2 Å². The Labute approximate surface area is 120 Å². The third-order valence-electron chi connectivity index (χ3n) is 3.05. The second kappa shape index (κ2) is 8.00. The summed E-state index contributed by atoms with van der Waals surface area (Å²) < 4.78 is 5.28. The molecule has 0 aliphatic heterocycles. The summed E-state index contributed by atoms with van der Waals surface area (Å²) in [6, 6.07) is 5.82. The number of rotatable bonds is 7. The van der Waals surface area contributed by atoms with Gasteiger partial charge in [-0.05, 0) is 50.1 Å². The molecule has 0 aliphatic rings. The van der Waals surface area contributed by atoms with Crippen molar-refractivity contribution in [2.45, 2.75) is 38.8 Å². The fraction of sp³-hybridized carbons (Fsp3) is 0.571. The van der Waals surface area contributed by atoms with Gasteiger partial charge in [-0.25, -0.2) is 0 Å². The largest absolute Gasteiger partial charge is 0.382 e. The molecule has 102 valence electrons. The van der Waals surface area contributed by atoms with E-state index in [1.54, 1.807) is 7.11 Å². The van der Waals surface area contributed by atoms with E-state index in [1.807, 2.05) is 18.2 Å². The summed E-state index contributed by atoms with van der Waals surface area (Å²) in [6.45, 7) is 5.06. The zero-order valence-corrected chi connectivity index (χ0v) is 12.7. The van der Waals surface area contributed by atoms with E-state index >= 15 is 0 Å². The quantitative estimate of drug-likeness (QED) is 0.800. The first-order valence-electron chi connectivity index (χ1n) is 6.29. The highest BCUT2D eigenvalue weighted by Crippen LogP contribution is 2.29. The Bertz CT molecular complexity index is 371. The van der Waals surface area contributed by atoms with Gasteiger partial charge in [-0.1, -0.05) is 30.1 Å². The van der Waals surface area contributed by atoms with Crippen LogP contribution in [-0.2, 0) is 4.74 Å². The van der Waals surface area contributed by atoms with Crippen LogP contribution in [0.15, 0.2) is 18.2 Å². The van der Waals surface area contributed by atoms with Crippen LogP contribution in [0.2, 0.25) is 10.0 Å². The lowest BCUT2D eigenvalue weighted by Crippen LogP contribution is -2.22. The molecule has 1 aromatic carbocycles. The zero-order valence-electron chi connectivity index (χ0n) is 11.2. The SMILES string of the molecule is CCNC(CCC(C)OC)c1cc(Cl)ccc1Cl. The van der Waals surface area contributed by atoms with Gasteiger partial charge in [0.1, 0.15) is 0 Å². The summed E-state index contributed by atoms with van der Waals surface area (Å²) in [5, 5.41) is 4.93. The van der Waals surface area contributed by atoms with Gasteiger partial charge in [0.2, 0.25) is 0 Å². The van der Waals surface area contributed by atoms with Gasteiger partial charge in [0, 0.05) is 23.2 Å². The summed E-state index contributed by atoms with van der Waals surface area (Å²) in [6.07, 6.45) is 2.21. The number of hydrogen-bond acceptors (Lipinski definition) is 2. The van der Waals surface area contributed by atoms with Crippen LogP contribution >= 0.6 is 23.2 Å². The fourth-order valence-corrected chi connectivity index (χ4v) is 2.34. The van der Waals surface area contributed by atoms with Crippen molar-refractivity contribution in [2.75, 3.05) is 13.7 Å². The monoisotopic (exact) mass is 289 g/mol. The van der Waals surface area contributed by atoms with E-state index < -0.39 is 0 Å². The number of benzene rings is 1. The number of methoxy groups -OCH3 is 1. The highest BCUT2D eigenvalue weighted by Gasteiger charge is 2.15. The Morgan fingerprint density at radius 1 is 1.28 bits per heavy atom. The van der Waals surface area contributed by atoms with Crippen LogP contribution in [-0.4, -0.2) is 19.8 Å². The maximum atomic E-state index is 6.25. The second-order valence-electron chi connectivity index (χ2n) is 4.40. The molecule has 2 unspecified atom stereocenters. The third-order valence-corrected chi connectivity index (χ3v) is 3.63. The predicted octanol–water partition coefficient (Wildman–Crippen LogP) is 4.46. The van der Waals surface area contributed by atoms with Crippen LogP contribution in [0.25, 0.3) is 0 Å². The maximum Gasteiger partial charge on any atom is 0.0543 e. The van der Waals surface area contributed by atoms with Gasteiger partial charge in [0.25, 0.3) is 0 Å². The second-order valence-corrected chi connectivity index (χ2v) is 5.24. The van der Waals surface area contributed by atoms with E-state index in [4.69, 9.17) is 27.9 Å². The molecular formula is C14H21Cl2NO. The van der Waals surface area contributed by atoms with Crippen molar-refractivity contribution in [3.05, 3.63) is 33.8 Å².